The molecule has 1 saturated heterocycles. The molecule has 0 aromatic carbocycles. The van der Waals surface area contributed by atoms with Crippen LogP contribution in [-0.4, -0.2) is 49.1 Å². The van der Waals surface area contributed by atoms with E-state index in [2.05, 4.69) is 4.98 Å². The highest BCUT2D eigenvalue weighted by atomic mass is 16.6. The second kappa shape index (κ2) is 7.00. The van der Waals surface area contributed by atoms with Gasteiger partial charge in [-0.1, -0.05) is 6.92 Å². The number of ether oxygens (including phenoxy) is 3. The van der Waals surface area contributed by atoms with Gasteiger partial charge in [0.15, 0.2) is 5.78 Å². The molecule has 1 N–H and O–H groups in total. The molecule has 2 heterocycles. The predicted molar refractivity (Wildman–Crippen MR) is 87.5 cm³/mol. The Hall–Kier alpha value is -2.15. The van der Waals surface area contributed by atoms with Crippen molar-refractivity contribution in [3.05, 3.63) is 22.5 Å². The summed E-state index contributed by atoms with van der Waals surface area (Å²) < 4.78 is 15.5. The molecule has 1 fully saturated rings. The standard InChI is InChI=1S/C18H23NO6/c1-9-7-12-14(16(20)13(9)17(21)23-3)10(2)15(19-12)18(22)25-8-11-5-4-6-24-11/h9,11,13,19H,4-8H2,1-3H3/t9-,11-,13-/m0/s1. The smallest absolute Gasteiger partial charge is 0.355 e. The molecule has 1 aromatic heterocycles. The number of hydrogen-bond donors (Lipinski definition) is 1. The summed E-state index contributed by atoms with van der Waals surface area (Å²) in [6.07, 6.45) is 2.30. The van der Waals surface area contributed by atoms with Crippen molar-refractivity contribution in [2.45, 2.75) is 39.2 Å². The minimum Gasteiger partial charge on any atom is -0.468 e. The van der Waals surface area contributed by atoms with Crippen molar-refractivity contribution in [3.8, 4) is 0 Å². The molecule has 7 heteroatoms. The number of nitrogens with one attached hydrogen (secondary N) is 1. The maximum Gasteiger partial charge on any atom is 0.355 e. The minimum absolute atomic E-state index is 0.0563. The van der Waals surface area contributed by atoms with Crippen LogP contribution >= 0.6 is 0 Å². The van der Waals surface area contributed by atoms with Gasteiger partial charge in [-0.3, -0.25) is 9.59 Å². The Morgan fingerprint density at radius 3 is 2.76 bits per heavy atom. The maximum atomic E-state index is 12.8. The molecule has 0 amide bonds. The van der Waals surface area contributed by atoms with Crippen LogP contribution in [0.1, 0.15) is 51.9 Å². The van der Waals surface area contributed by atoms with Crippen molar-refractivity contribution in [2.24, 2.45) is 11.8 Å². The largest absolute Gasteiger partial charge is 0.468 e. The van der Waals surface area contributed by atoms with E-state index in [0.29, 0.717) is 29.8 Å². The number of carbonyl (C=O) groups is 3. The average Bonchev–Trinajstić information content (AvgIpc) is 3.20. The highest BCUT2D eigenvalue weighted by Gasteiger charge is 2.42. The molecular weight excluding hydrogens is 326 g/mol. The summed E-state index contributed by atoms with van der Waals surface area (Å²) in [6, 6.07) is 0. The van der Waals surface area contributed by atoms with Crippen LogP contribution in [0, 0.1) is 18.8 Å². The summed E-state index contributed by atoms with van der Waals surface area (Å²) in [5.41, 5.74) is 1.89. The number of fused-ring (bicyclic) bond motifs is 1. The van der Waals surface area contributed by atoms with Crippen LogP contribution in [0.25, 0.3) is 0 Å². The van der Waals surface area contributed by atoms with Crippen LogP contribution in [0.5, 0.6) is 0 Å². The molecule has 7 nitrogen and oxygen atoms in total. The third-order valence-corrected chi connectivity index (χ3v) is 5.04. The molecule has 2 aliphatic rings. The first kappa shape index (κ1) is 17.7. The lowest BCUT2D eigenvalue weighted by Gasteiger charge is -2.25. The topological polar surface area (TPSA) is 94.7 Å². The van der Waals surface area contributed by atoms with Crippen molar-refractivity contribution < 1.29 is 28.6 Å². The summed E-state index contributed by atoms with van der Waals surface area (Å²) in [7, 11) is 1.27. The zero-order chi connectivity index (χ0) is 18.1. The molecule has 1 aliphatic carbocycles. The molecule has 25 heavy (non-hydrogen) atoms. The van der Waals surface area contributed by atoms with Gasteiger partial charge in [-0.2, -0.15) is 0 Å². The number of esters is 2. The zero-order valence-corrected chi connectivity index (χ0v) is 14.7. The number of carbonyl (C=O) groups excluding carboxylic acids is 3. The van der Waals surface area contributed by atoms with Gasteiger partial charge in [0.25, 0.3) is 0 Å². The number of methoxy groups -OCH3 is 1. The van der Waals surface area contributed by atoms with Crippen molar-refractivity contribution >= 4 is 17.7 Å². The van der Waals surface area contributed by atoms with Gasteiger partial charge in [-0.15, -0.1) is 0 Å². The van der Waals surface area contributed by atoms with E-state index in [9.17, 15) is 14.4 Å². The van der Waals surface area contributed by atoms with Crippen molar-refractivity contribution in [3.63, 3.8) is 0 Å². The second-order valence-electron chi connectivity index (χ2n) is 6.76. The number of aromatic nitrogens is 1. The molecule has 136 valence electrons. The normalized spacial score (nSPS) is 25.6. The second-order valence-corrected chi connectivity index (χ2v) is 6.76. The molecule has 3 atom stereocenters. The monoisotopic (exact) mass is 349 g/mol. The summed E-state index contributed by atoms with van der Waals surface area (Å²) in [6.45, 7) is 4.42. The fourth-order valence-corrected chi connectivity index (χ4v) is 3.69. The minimum atomic E-state index is -0.831. The Morgan fingerprint density at radius 1 is 1.36 bits per heavy atom. The van der Waals surface area contributed by atoms with Crippen molar-refractivity contribution in [1.29, 1.82) is 0 Å². The molecular formula is C18H23NO6. The first-order chi connectivity index (χ1) is 11.9. The van der Waals surface area contributed by atoms with Crippen LogP contribution in [0.3, 0.4) is 0 Å². The molecule has 0 spiro atoms. The molecule has 0 unspecified atom stereocenters. The molecule has 1 aromatic rings. The molecule has 0 radical (unpaired) electrons. The van der Waals surface area contributed by atoms with E-state index in [4.69, 9.17) is 14.2 Å². The zero-order valence-electron chi connectivity index (χ0n) is 14.7. The number of ketones is 1. The van der Waals surface area contributed by atoms with Crippen LogP contribution in [-0.2, 0) is 25.4 Å². The Balaban J connectivity index is 1.80. The Kier molecular flexibility index (Phi) is 4.94. The van der Waals surface area contributed by atoms with Gasteiger partial charge >= 0.3 is 11.9 Å². The van der Waals surface area contributed by atoms with Crippen molar-refractivity contribution in [2.75, 3.05) is 20.3 Å². The van der Waals surface area contributed by atoms with Crippen LogP contribution in [0.15, 0.2) is 0 Å². The molecule has 0 bridgehead atoms. The lowest BCUT2D eigenvalue weighted by molar-refractivity contribution is -0.145. The highest BCUT2D eigenvalue weighted by molar-refractivity contribution is 6.12. The summed E-state index contributed by atoms with van der Waals surface area (Å²) in [5, 5.41) is 0. The SMILES string of the molecule is COC(=O)[C@@H]1C(=O)c2c([nH]c(C(=O)OC[C@@H]3CCCO3)c2C)C[C@@H]1C. The summed E-state index contributed by atoms with van der Waals surface area (Å²) in [5.74, 6) is -2.36. The molecule has 1 aliphatic heterocycles. The number of H-pyrrole nitrogens is 1. The Morgan fingerprint density at radius 2 is 2.12 bits per heavy atom. The van der Waals surface area contributed by atoms with E-state index in [0.717, 1.165) is 12.8 Å². The van der Waals surface area contributed by atoms with E-state index in [-0.39, 0.29) is 30.1 Å². The first-order valence-corrected chi connectivity index (χ1v) is 8.56. The number of Topliss-reactive ketones (excluding diaryl/α,β-unsaturated/α-hetero) is 1. The van der Waals surface area contributed by atoms with Crippen LogP contribution in [0.4, 0.5) is 0 Å². The molecule has 3 rings (SSSR count). The summed E-state index contributed by atoms with van der Waals surface area (Å²) in [4.78, 5) is 40.1. The fraction of sp³-hybridized carbons (Fsp3) is 0.611. The lowest BCUT2D eigenvalue weighted by atomic mass is 9.77. The Bertz CT molecular complexity index is 701. The average molecular weight is 349 g/mol. The van der Waals surface area contributed by atoms with E-state index >= 15 is 0 Å². The highest BCUT2D eigenvalue weighted by Crippen LogP contribution is 2.34. The number of aromatic amines is 1. The van der Waals surface area contributed by atoms with Gasteiger partial charge in [0.2, 0.25) is 0 Å². The van der Waals surface area contributed by atoms with Gasteiger partial charge in [-0.05, 0) is 37.7 Å². The summed E-state index contributed by atoms with van der Waals surface area (Å²) >= 11 is 0. The van der Waals surface area contributed by atoms with E-state index in [1.165, 1.54) is 7.11 Å². The predicted octanol–water partition coefficient (Wildman–Crippen LogP) is 1.82. The lowest BCUT2D eigenvalue weighted by Crippen LogP contribution is -2.36. The fourth-order valence-electron chi connectivity index (χ4n) is 3.69. The van der Waals surface area contributed by atoms with Gasteiger partial charge in [0, 0.05) is 17.9 Å². The van der Waals surface area contributed by atoms with E-state index in [1.807, 2.05) is 6.92 Å². The molecule has 0 saturated carbocycles. The third-order valence-electron chi connectivity index (χ3n) is 5.04. The number of rotatable bonds is 4. The van der Waals surface area contributed by atoms with Gasteiger partial charge in [0.1, 0.15) is 18.2 Å². The quantitative estimate of drug-likeness (QED) is 0.658. The van der Waals surface area contributed by atoms with Gasteiger partial charge < -0.3 is 19.2 Å². The Labute approximate surface area is 146 Å². The first-order valence-electron chi connectivity index (χ1n) is 8.56. The van der Waals surface area contributed by atoms with E-state index in [1.54, 1.807) is 6.92 Å². The maximum absolute atomic E-state index is 12.8. The van der Waals surface area contributed by atoms with Crippen LogP contribution < -0.4 is 0 Å². The number of hydrogen-bond acceptors (Lipinski definition) is 6. The van der Waals surface area contributed by atoms with Gasteiger partial charge in [-0.25, -0.2) is 4.79 Å². The third kappa shape index (κ3) is 3.20. The van der Waals surface area contributed by atoms with Crippen LogP contribution in [0.2, 0.25) is 0 Å². The van der Waals surface area contributed by atoms with E-state index < -0.39 is 17.9 Å². The van der Waals surface area contributed by atoms with Crippen molar-refractivity contribution in [1.82, 2.24) is 4.98 Å². The van der Waals surface area contributed by atoms with Gasteiger partial charge in [0.05, 0.1) is 13.2 Å².